The van der Waals surface area contributed by atoms with Crippen molar-refractivity contribution < 1.29 is 14.0 Å². The number of hydrogen-bond donors (Lipinski definition) is 1. The average Bonchev–Trinajstić information content (AvgIpc) is 3.30. The summed E-state index contributed by atoms with van der Waals surface area (Å²) < 4.78 is 5.61. The number of aromatic nitrogens is 2. The Morgan fingerprint density at radius 3 is 2.76 bits per heavy atom. The fourth-order valence-corrected chi connectivity index (χ4v) is 3.43. The van der Waals surface area contributed by atoms with Crippen LogP contribution in [0.3, 0.4) is 0 Å². The fraction of sp³-hybridized carbons (Fsp3) is 0.750. The molecule has 3 rings (SSSR count). The van der Waals surface area contributed by atoms with Crippen LogP contribution >= 0.6 is 11.8 Å². The Bertz CT molecular complexity index is 598. The number of carbonyl (C=O) groups excluding carboxylic acids is 2. The molecular weight excluding hydrogens is 342 g/mol. The number of likely N-dealkylation sites (tertiary alicyclic amines) is 1. The number of thioether (sulfide) groups is 1. The second-order valence-electron chi connectivity index (χ2n) is 6.68. The first kappa shape index (κ1) is 18.2. The minimum atomic E-state index is -0.133. The largest absolute Gasteiger partial charge is 0.415 e. The van der Waals surface area contributed by atoms with Gasteiger partial charge in [0.25, 0.3) is 5.22 Å². The van der Waals surface area contributed by atoms with E-state index in [-0.39, 0.29) is 24.1 Å². The first-order chi connectivity index (χ1) is 12.1. The molecule has 1 aliphatic heterocycles. The molecule has 2 amide bonds. The smallest absolute Gasteiger partial charge is 0.277 e. The van der Waals surface area contributed by atoms with E-state index in [4.69, 9.17) is 4.42 Å². The van der Waals surface area contributed by atoms with Gasteiger partial charge in [-0.3, -0.25) is 14.5 Å². The zero-order valence-corrected chi connectivity index (χ0v) is 15.4. The van der Waals surface area contributed by atoms with Gasteiger partial charge in [-0.15, -0.1) is 10.2 Å². The molecule has 2 heterocycles. The number of likely N-dealkylation sites (N-methyl/N-ethyl adjacent to an activating group) is 1. The molecule has 1 aromatic rings. The van der Waals surface area contributed by atoms with Crippen molar-refractivity contribution in [1.82, 2.24) is 25.3 Å². The highest BCUT2D eigenvalue weighted by Gasteiger charge is 2.24. The molecule has 1 saturated carbocycles. The van der Waals surface area contributed by atoms with Crippen molar-refractivity contribution >= 4 is 23.6 Å². The number of rotatable bonds is 8. The highest BCUT2D eigenvalue weighted by atomic mass is 32.2. The van der Waals surface area contributed by atoms with Crippen LogP contribution in [0, 0.1) is 0 Å². The maximum Gasteiger partial charge on any atom is 0.277 e. The van der Waals surface area contributed by atoms with Gasteiger partial charge in [0.1, 0.15) is 0 Å². The van der Waals surface area contributed by atoms with Crippen molar-refractivity contribution in [3.63, 3.8) is 0 Å². The fourth-order valence-electron chi connectivity index (χ4n) is 2.71. The van der Waals surface area contributed by atoms with Crippen LogP contribution in [0.15, 0.2) is 9.64 Å². The summed E-state index contributed by atoms with van der Waals surface area (Å²) in [5, 5.41) is 11.3. The lowest BCUT2D eigenvalue weighted by atomic mass is 10.1. The Balaban J connectivity index is 1.38. The Morgan fingerprint density at radius 1 is 1.28 bits per heavy atom. The minimum absolute atomic E-state index is 0.0833. The molecule has 0 radical (unpaired) electrons. The van der Waals surface area contributed by atoms with Crippen LogP contribution in [0.2, 0.25) is 0 Å². The van der Waals surface area contributed by atoms with Gasteiger partial charge in [-0.2, -0.15) is 0 Å². The van der Waals surface area contributed by atoms with Gasteiger partial charge in [-0.1, -0.05) is 18.2 Å². The van der Waals surface area contributed by atoms with E-state index >= 15 is 0 Å². The second kappa shape index (κ2) is 8.66. The van der Waals surface area contributed by atoms with E-state index < -0.39 is 0 Å². The monoisotopic (exact) mass is 367 g/mol. The zero-order chi connectivity index (χ0) is 17.6. The molecule has 0 atom stereocenters. The summed E-state index contributed by atoms with van der Waals surface area (Å²) >= 11 is 1.21. The van der Waals surface area contributed by atoms with Crippen LogP contribution in [0.25, 0.3) is 0 Å². The zero-order valence-electron chi connectivity index (χ0n) is 14.6. The molecule has 25 heavy (non-hydrogen) atoms. The average molecular weight is 367 g/mol. The molecular formula is C16H25N5O3S. The van der Waals surface area contributed by atoms with Gasteiger partial charge in [0.2, 0.25) is 17.7 Å². The Kier molecular flexibility index (Phi) is 6.30. The summed E-state index contributed by atoms with van der Waals surface area (Å²) in [6.07, 6.45) is 5.79. The lowest BCUT2D eigenvalue weighted by Gasteiger charge is -2.24. The summed E-state index contributed by atoms with van der Waals surface area (Å²) in [5.74, 6) is 0.532. The molecule has 1 N–H and O–H groups in total. The van der Waals surface area contributed by atoms with Crippen molar-refractivity contribution in [1.29, 1.82) is 0 Å². The third-order valence-electron chi connectivity index (χ3n) is 4.32. The Hall–Kier alpha value is -1.61. The predicted octanol–water partition coefficient (Wildman–Crippen LogP) is 0.885. The SMILES string of the molecule is CN(CC(=O)NC1CC1)C(=O)CSc1nnc(CN2CCCCC2)o1. The highest BCUT2D eigenvalue weighted by Crippen LogP contribution is 2.19. The molecule has 0 spiro atoms. The molecule has 2 fully saturated rings. The standard InChI is InChI=1S/C16H25N5O3S/c1-20(9-13(22)17-12-5-6-12)15(23)11-25-16-19-18-14(24-16)10-21-7-3-2-4-8-21/h12H,2-11H2,1H3,(H,17,22). The number of nitrogens with zero attached hydrogens (tertiary/aromatic N) is 4. The molecule has 9 heteroatoms. The van der Waals surface area contributed by atoms with Crippen LogP contribution in [-0.2, 0) is 16.1 Å². The number of nitrogens with one attached hydrogen (secondary N) is 1. The third-order valence-corrected chi connectivity index (χ3v) is 5.13. The molecule has 1 saturated heterocycles. The van der Waals surface area contributed by atoms with E-state index in [1.165, 1.54) is 35.9 Å². The minimum Gasteiger partial charge on any atom is -0.415 e. The van der Waals surface area contributed by atoms with Crippen LogP contribution < -0.4 is 5.32 Å². The van der Waals surface area contributed by atoms with Crippen molar-refractivity contribution in [3.8, 4) is 0 Å². The summed E-state index contributed by atoms with van der Waals surface area (Å²) in [4.78, 5) is 27.6. The van der Waals surface area contributed by atoms with Gasteiger partial charge in [-0.05, 0) is 38.8 Å². The van der Waals surface area contributed by atoms with Gasteiger partial charge < -0.3 is 14.6 Å². The van der Waals surface area contributed by atoms with Crippen molar-refractivity contribution in [2.75, 3.05) is 32.4 Å². The van der Waals surface area contributed by atoms with Crippen LogP contribution in [0.1, 0.15) is 38.0 Å². The molecule has 1 aliphatic carbocycles. The van der Waals surface area contributed by atoms with E-state index in [1.54, 1.807) is 7.05 Å². The van der Waals surface area contributed by atoms with Crippen molar-refractivity contribution in [2.24, 2.45) is 0 Å². The lowest BCUT2D eigenvalue weighted by Crippen LogP contribution is -2.39. The van der Waals surface area contributed by atoms with Gasteiger partial charge in [0, 0.05) is 13.1 Å². The maximum atomic E-state index is 12.1. The summed E-state index contributed by atoms with van der Waals surface area (Å²) in [5.41, 5.74) is 0. The Morgan fingerprint density at radius 2 is 2.04 bits per heavy atom. The van der Waals surface area contributed by atoms with Crippen molar-refractivity contribution in [3.05, 3.63) is 5.89 Å². The molecule has 8 nitrogen and oxygen atoms in total. The third kappa shape index (κ3) is 6.00. The van der Waals surface area contributed by atoms with Crippen LogP contribution in [0.4, 0.5) is 0 Å². The molecule has 0 bridgehead atoms. The first-order valence-electron chi connectivity index (χ1n) is 8.81. The highest BCUT2D eigenvalue weighted by molar-refractivity contribution is 7.99. The van der Waals surface area contributed by atoms with E-state index in [0.29, 0.717) is 23.7 Å². The summed E-state index contributed by atoms with van der Waals surface area (Å²) in [7, 11) is 1.63. The molecule has 0 aromatic carbocycles. The van der Waals surface area contributed by atoms with Crippen LogP contribution in [-0.4, -0.2) is 70.3 Å². The van der Waals surface area contributed by atoms with E-state index in [1.807, 2.05) is 0 Å². The molecule has 138 valence electrons. The first-order valence-corrected chi connectivity index (χ1v) is 9.79. The van der Waals surface area contributed by atoms with Gasteiger partial charge >= 0.3 is 0 Å². The van der Waals surface area contributed by atoms with E-state index in [0.717, 1.165) is 25.9 Å². The quantitative estimate of drug-likeness (QED) is 0.682. The van der Waals surface area contributed by atoms with E-state index in [9.17, 15) is 9.59 Å². The lowest BCUT2D eigenvalue weighted by molar-refractivity contribution is -0.132. The van der Waals surface area contributed by atoms with Crippen molar-refractivity contribution in [2.45, 2.75) is 49.9 Å². The molecule has 2 aliphatic rings. The Labute approximate surface area is 151 Å². The number of carbonyl (C=O) groups is 2. The molecule has 1 aromatic heterocycles. The molecule has 0 unspecified atom stereocenters. The van der Waals surface area contributed by atoms with Crippen LogP contribution in [0.5, 0.6) is 0 Å². The second-order valence-corrected chi connectivity index (χ2v) is 7.61. The predicted molar refractivity (Wildman–Crippen MR) is 93.0 cm³/mol. The number of piperidine rings is 1. The van der Waals surface area contributed by atoms with Gasteiger partial charge in [-0.25, -0.2) is 0 Å². The number of amides is 2. The normalized spacial score (nSPS) is 18.1. The maximum absolute atomic E-state index is 12.1. The summed E-state index contributed by atoms with van der Waals surface area (Å²) in [6.45, 7) is 2.89. The summed E-state index contributed by atoms with van der Waals surface area (Å²) in [6, 6.07) is 0.307. The van der Waals surface area contributed by atoms with E-state index in [2.05, 4.69) is 20.4 Å². The number of hydrogen-bond acceptors (Lipinski definition) is 7. The topological polar surface area (TPSA) is 91.6 Å². The van der Waals surface area contributed by atoms with Gasteiger partial charge in [0.15, 0.2) is 0 Å². The van der Waals surface area contributed by atoms with Gasteiger partial charge in [0.05, 0.1) is 18.8 Å².